The van der Waals surface area contributed by atoms with Crippen LogP contribution in [0.1, 0.15) is 24.4 Å². The van der Waals surface area contributed by atoms with Gasteiger partial charge in [0.05, 0.1) is 6.07 Å². The van der Waals surface area contributed by atoms with Gasteiger partial charge in [0.1, 0.15) is 12.1 Å². The Balaban J connectivity index is 2.13. The molecule has 1 aromatic carbocycles. The third kappa shape index (κ3) is 2.52. The summed E-state index contributed by atoms with van der Waals surface area (Å²) in [6.07, 6.45) is 1.28. The fourth-order valence-electron chi connectivity index (χ4n) is 2.15. The van der Waals surface area contributed by atoms with Crippen LogP contribution in [0.2, 0.25) is 0 Å². The summed E-state index contributed by atoms with van der Waals surface area (Å²) in [4.78, 5) is 13.6. The molecule has 0 aromatic heterocycles. The van der Waals surface area contributed by atoms with Crippen molar-refractivity contribution in [2.45, 2.75) is 25.0 Å². The highest BCUT2D eigenvalue weighted by Gasteiger charge is 2.30. The van der Waals surface area contributed by atoms with Crippen LogP contribution in [0.3, 0.4) is 0 Å². The number of carbonyl (C=O) groups is 1. The molecule has 1 amide bonds. The molecule has 0 saturated carbocycles. The Morgan fingerprint density at radius 2 is 2.22 bits per heavy atom. The normalized spacial score (nSPS) is 20.1. The molecule has 0 radical (unpaired) electrons. The number of carbonyl (C=O) groups excluding carboxylic acids is 1. The van der Waals surface area contributed by atoms with Gasteiger partial charge in [-0.05, 0) is 18.4 Å². The lowest BCUT2D eigenvalue weighted by atomic mass is 10.1. The molecule has 1 heterocycles. The summed E-state index contributed by atoms with van der Waals surface area (Å²) in [7, 11) is 1.66. The Bertz CT molecular complexity index is 447. The number of likely N-dealkylation sites (N-methyl/N-ethyl adjacent to an activating group) is 1. The lowest BCUT2D eigenvalue weighted by molar-refractivity contribution is -0.140. The molecule has 2 rings (SSSR count). The van der Waals surface area contributed by atoms with Gasteiger partial charge >= 0.3 is 0 Å². The van der Waals surface area contributed by atoms with Gasteiger partial charge in [0, 0.05) is 13.7 Å². The molecule has 1 aliphatic heterocycles. The Morgan fingerprint density at radius 1 is 1.50 bits per heavy atom. The van der Waals surface area contributed by atoms with Crippen LogP contribution in [0.25, 0.3) is 0 Å². The van der Waals surface area contributed by atoms with Crippen LogP contribution in [0.4, 0.5) is 0 Å². The van der Waals surface area contributed by atoms with Gasteiger partial charge in [0.25, 0.3) is 5.91 Å². The van der Waals surface area contributed by atoms with Gasteiger partial charge in [-0.2, -0.15) is 5.26 Å². The predicted octanol–water partition coefficient (Wildman–Crippen LogP) is 1.89. The molecule has 0 spiro atoms. The topological polar surface area (TPSA) is 53.3 Å². The van der Waals surface area contributed by atoms with Crippen molar-refractivity contribution in [3.8, 4) is 6.07 Å². The van der Waals surface area contributed by atoms with Gasteiger partial charge in [0.15, 0.2) is 0 Å². The number of nitriles is 1. The zero-order chi connectivity index (χ0) is 13.0. The van der Waals surface area contributed by atoms with E-state index in [4.69, 9.17) is 4.74 Å². The minimum atomic E-state index is -0.553. The minimum Gasteiger partial charge on any atom is -0.368 e. The summed E-state index contributed by atoms with van der Waals surface area (Å²) in [5, 5.41) is 9.26. The first kappa shape index (κ1) is 12.6. The number of benzene rings is 1. The summed E-state index contributed by atoms with van der Waals surface area (Å²) in [6, 6.07) is 10.9. The number of ether oxygens (including phenoxy) is 1. The fraction of sp³-hybridized carbons (Fsp3) is 0.429. The summed E-state index contributed by atoms with van der Waals surface area (Å²) in [6.45, 7) is 0.632. The smallest absolute Gasteiger partial charge is 0.252 e. The molecule has 1 aromatic rings. The second-order valence-corrected chi connectivity index (χ2v) is 4.39. The standard InChI is InChI=1S/C14H16N2O2/c1-16(14(17)13-8-5-9-18-13)12(10-15)11-6-3-2-4-7-11/h2-4,6-7,12-13H,5,8-9H2,1H3. The van der Waals surface area contributed by atoms with Crippen molar-refractivity contribution in [1.82, 2.24) is 4.90 Å². The van der Waals surface area contributed by atoms with Crippen LogP contribution >= 0.6 is 0 Å². The van der Waals surface area contributed by atoms with Crippen LogP contribution in [0.5, 0.6) is 0 Å². The fourth-order valence-corrected chi connectivity index (χ4v) is 2.15. The number of hydrogen-bond acceptors (Lipinski definition) is 3. The van der Waals surface area contributed by atoms with Crippen molar-refractivity contribution >= 4 is 5.91 Å². The summed E-state index contributed by atoms with van der Waals surface area (Å²) < 4.78 is 5.37. The van der Waals surface area contributed by atoms with E-state index in [1.165, 1.54) is 4.90 Å². The zero-order valence-corrected chi connectivity index (χ0v) is 10.4. The highest BCUT2D eigenvalue weighted by Crippen LogP contribution is 2.22. The lowest BCUT2D eigenvalue weighted by Gasteiger charge is -2.25. The van der Waals surface area contributed by atoms with Crippen molar-refractivity contribution in [2.75, 3.05) is 13.7 Å². The molecule has 1 aliphatic rings. The quantitative estimate of drug-likeness (QED) is 0.815. The molecule has 2 atom stereocenters. The second-order valence-electron chi connectivity index (χ2n) is 4.39. The van der Waals surface area contributed by atoms with E-state index in [1.807, 2.05) is 30.3 Å². The summed E-state index contributed by atoms with van der Waals surface area (Å²) in [5.41, 5.74) is 0.828. The molecule has 0 bridgehead atoms. The second kappa shape index (κ2) is 5.65. The van der Waals surface area contributed by atoms with E-state index in [2.05, 4.69) is 6.07 Å². The monoisotopic (exact) mass is 244 g/mol. The molecule has 1 fully saturated rings. The van der Waals surface area contributed by atoms with Crippen molar-refractivity contribution in [1.29, 1.82) is 5.26 Å². The maximum Gasteiger partial charge on any atom is 0.252 e. The van der Waals surface area contributed by atoms with Crippen LogP contribution in [0.15, 0.2) is 30.3 Å². The first-order valence-corrected chi connectivity index (χ1v) is 6.07. The van der Waals surface area contributed by atoms with Crippen LogP contribution in [-0.2, 0) is 9.53 Å². The van der Waals surface area contributed by atoms with Crippen LogP contribution < -0.4 is 0 Å². The van der Waals surface area contributed by atoms with E-state index in [0.29, 0.717) is 6.61 Å². The largest absolute Gasteiger partial charge is 0.368 e. The Morgan fingerprint density at radius 3 is 2.78 bits per heavy atom. The van der Waals surface area contributed by atoms with Gasteiger partial charge in [0.2, 0.25) is 0 Å². The summed E-state index contributed by atoms with van der Waals surface area (Å²) in [5.74, 6) is -0.108. The van der Waals surface area contributed by atoms with E-state index >= 15 is 0 Å². The maximum atomic E-state index is 12.2. The van der Waals surface area contributed by atoms with E-state index in [9.17, 15) is 10.1 Å². The molecule has 0 aliphatic carbocycles. The van der Waals surface area contributed by atoms with Crippen LogP contribution in [-0.4, -0.2) is 30.6 Å². The maximum absolute atomic E-state index is 12.2. The number of amides is 1. The Kier molecular flexibility index (Phi) is 3.96. The van der Waals surface area contributed by atoms with E-state index in [1.54, 1.807) is 7.05 Å². The third-order valence-electron chi connectivity index (χ3n) is 3.18. The average molecular weight is 244 g/mol. The minimum absolute atomic E-state index is 0.108. The van der Waals surface area contributed by atoms with Gasteiger partial charge in [-0.1, -0.05) is 30.3 Å². The Labute approximate surface area is 107 Å². The van der Waals surface area contributed by atoms with Crippen molar-refractivity contribution in [3.05, 3.63) is 35.9 Å². The van der Waals surface area contributed by atoms with E-state index in [-0.39, 0.29) is 12.0 Å². The van der Waals surface area contributed by atoms with Gasteiger partial charge in [-0.25, -0.2) is 0 Å². The number of rotatable bonds is 3. The average Bonchev–Trinajstić information content (AvgIpc) is 2.94. The first-order chi connectivity index (χ1) is 8.74. The third-order valence-corrected chi connectivity index (χ3v) is 3.18. The highest BCUT2D eigenvalue weighted by atomic mass is 16.5. The van der Waals surface area contributed by atoms with Crippen molar-refractivity contribution in [3.63, 3.8) is 0 Å². The van der Waals surface area contributed by atoms with Crippen LogP contribution in [0, 0.1) is 11.3 Å². The SMILES string of the molecule is CN(C(=O)C1CCCO1)C(C#N)c1ccccc1. The molecule has 94 valence electrons. The van der Waals surface area contributed by atoms with E-state index < -0.39 is 6.04 Å². The summed E-state index contributed by atoms with van der Waals surface area (Å²) >= 11 is 0. The molecule has 2 unspecified atom stereocenters. The zero-order valence-electron chi connectivity index (χ0n) is 10.4. The lowest BCUT2D eigenvalue weighted by Crippen LogP contribution is -2.38. The number of nitrogens with zero attached hydrogens (tertiary/aromatic N) is 2. The number of hydrogen-bond donors (Lipinski definition) is 0. The molecule has 18 heavy (non-hydrogen) atoms. The highest BCUT2D eigenvalue weighted by molar-refractivity contribution is 5.81. The first-order valence-electron chi connectivity index (χ1n) is 6.07. The van der Waals surface area contributed by atoms with Gasteiger partial charge in [-0.3, -0.25) is 4.79 Å². The van der Waals surface area contributed by atoms with Gasteiger partial charge in [-0.15, -0.1) is 0 Å². The van der Waals surface area contributed by atoms with E-state index in [0.717, 1.165) is 18.4 Å². The molecule has 4 heteroatoms. The molecular formula is C14H16N2O2. The molecule has 0 N–H and O–H groups in total. The predicted molar refractivity (Wildman–Crippen MR) is 66.5 cm³/mol. The van der Waals surface area contributed by atoms with Crippen molar-refractivity contribution < 1.29 is 9.53 Å². The van der Waals surface area contributed by atoms with Crippen molar-refractivity contribution in [2.24, 2.45) is 0 Å². The molecule has 1 saturated heterocycles. The Hall–Kier alpha value is -1.86. The molecular weight excluding hydrogens is 228 g/mol. The molecule has 4 nitrogen and oxygen atoms in total. The van der Waals surface area contributed by atoms with Gasteiger partial charge < -0.3 is 9.64 Å².